The zero-order valence-corrected chi connectivity index (χ0v) is 38.2. The summed E-state index contributed by atoms with van der Waals surface area (Å²) in [6.45, 7) is 0. The quantitative estimate of drug-likeness (QED) is 0.156. The fourth-order valence-electron chi connectivity index (χ4n) is 10.2. The molecule has 0 fully saturated rings. The molecule has 0 aliphatic heterocycles. The largest absolute Gasteiger partial charge is 0.208 e. The maximum atomic E-state index is 5.16. The van der Waals surface area contributed by atoms with Gasteiger partial charge in [0, 0.05) is 57.0 Å². The fourth-order valence-corrected chi connectivity index (χ4v) is 12.4. The Bertz CT molecular complexity index is 4300. The first kappa shape index (κ1) is 38.9. The minimum absolute atomic E-state index is 0.659. The topological polar surface area (TPSA) is 38.7 Å². The predicted octanol–water partition coefficient (Wildman–Crippen LogP) is 18.1. The van der Waals surface area contributed by atoms with Gasteiger partial charge in [0.05, 0.1) is 0 Å². The van der Waals surface area contributed by atoms with Crippen LogP contribution >= 0.6 is 22.7 Å². The highest BCUT2D eigenvalue weighted by Gasteiger charge is 2.17. The minimum Gasteiger partial charge on any atom is -0.208 e. The summed E-state index contributed by atoms with van der Waals surface area (Å²) in [7, 11) is 0. The Kier molecular flexibility index (Phi) is 8.94. The molecule has 0 radical (unpaired) electrons. The number of hydrogen-bond donors (Lipinski definition) is 0. The van der Waals surface area contributed by atoms with Crippen LogP contribution in [0.2, 0.25) is 0 Å². The molecule has 0 saturated heterocycles. The summed E-state index contributed by atoms with van der Waals surface area (Å²) >= 11 is 3.63. The van der Waals surface area contributed by atoms with Gasteiger partial charge in [-0.05, 0) is 126 Å². The van der Waals surface area contributed by atoms with Gasteiger partial charge in [0.25, 0.3) is 0 Å². The summed E-state index contributed by atoms with van der Waals surface area (Å²) in [4.78, 5) is 15.3. The third kappa shape index (κ3) is 6.50. The van der Waals surface area contributed by atoms with E-state index in [4.69, 9.17) is 15.0 Å². The molecule has 0 spiro atoms. The van der Waals surface area contributed by atoms with Crippen molar-refractivity contribution in [3.8, 4) is 67.5 Å². The van der Waals surface area contributed by atoms with E-state index in [9.17, 15) is 0 Å². The van der Waals surface area contributed by atoms with E-state index in [1.807, 2.05) is 40.9 Å². The number of thiophene rings is 2. The van der Waals surface area contributed by atoms with Gasteiger partial charge in [0.1, 0.15) is 0 Å². The summed E-state index contributed by atoms with van der Waals surface area (Å²) in [6.07, 6.45) is 0. The van der Waals surface area contributed by atoms with E-state index in [0.29, 0.717) is 17.5 Å². The molecule has 0 aliphatic rings. The highest BCUT2D eigenvalue weighted by molar-refractivity contribution is 7.26. The van der Waals surface area contributed by atoms with E-state index in [1.165, 1.54) is 106 Å². The van der Waals surface area contributed by atoms with Crippen LogP contribution in [0.1, 0.15) is 0 Å². The second kappa shape index (κ2) is 15.6. The molecule has 0 saturated carbocycles. The summed E-state index contributed by atoms with van der Waals surface area (Å²) in [6, 6.07) is 81.3. The van der Waals surface area contributed by atoms with Crippen LogP contribution in [-0.4, -0.2) is 15.0 Å². The zero-order valence-electron chi connectivity index (χ0n) is 36.5. The molecule has 5 heteroatoms. The van der Waals surface area contributed by atoms with Crippen LogP contribution in [-0.2, 0) is 0 Å². The van der Waals surface area contributed by atoms with E-state index in [0.717, 1.165) is 16.7 Å². The van der Waals surface area contributed by atoms with E-state index >= 15 is 0 Å². The van der Waals surface area contributed by atoms with Crippen LogP contribution in [0.3, 0.4) is 0 Å². The van der Waals surface area contributed by atoms with Crippen molar-refractivity contribution in [2.75, 3.05) is 0 Å². The van der Waals surface area contributed by atoms with Crippen LogP contribution in [0, 0.1) is 0 Å². The third-order valence-electron chi connectivity index (χ3n) is 13.5. The van der Waals surface area contributed by atoms with Crippen molar-refractivity contribution in [3.05, 3.63) is 224 Å². The van der Waals surface area contributed by atoms with E-state index in [2.05, 4.69) is 206 Å². The normalized spacial score (nSPS) is 11.8. The smallest absolute Gasteiger partial charge is 0.164 e. The highest BCUT2D eigenvalue weighted by Crippen LogP contribution is 2.42. The number of benzene rings is 11. The lowest BCUT2D eigenvalue weighted by atomic mass is 9.91. The molecule has 0 atom stereocenters. The molecule has 3 nitrogen and oxygen atoms in total. The average Bonchev–Trinajstić information content (AvgIpc) is 3.98. The van der Waals surface area contributed by atoms with Crippen molar-refractivity contribution >= 4 is 95.3 Å². The molecule has 14 rings (SSSR count). The summed E-state index contributed by atoms with van der Waals surface area (Å²) in [5.41, 5.74) is 10.1. The zero-order chi connectivity index (χ0) is 44.7. The molecule has 0 aliphatic carbocycles. The number of nitrogens with zero attached hydrogens (tertiary/aromatic N) is 3. The Balaban J connectivity index is 0.809. The number of aromatic nitrogens is 3. The third-order valence-corrected chi connectivity index (χ3v) is 15.8. The molecule has 11 aromatic carbocycles. The first-order valence-electron chi connectivity index (χ1n) is 22.9. The molecule has 3 heterocycles. The SMILES string of the molecule is c1ccc(-c2nc(-c3ccc4c(c3)sc3ccc(-c5cccc(-c6cccc(-c7ccc8c9ccccc9c9ccccc9c8c7)c6)c5)cc34)nc(-c3ccc4sc5ccccc5c4c3)n2)cc1. The van der Waals surface area contributed by atoms with Gasteiger partial charge in [0.2, 0.25) is 0 Å². The minimum atomic E-state index is 0.659. The van der Waals surface area contributed by atoms with E-state index in [1.54, 1.807) is 0 Å². The maximum Gasteiger partial charge on any atom is 0.164 e. The van der Waals surface area contributed by atoms with Crippen molar-refractivity contribution in [2.24, 2.45) is 0 Å². The lowest BCUT2D eigenvalue weighted by molar-refractivity contribution is 1.08. The molecule has 0 N–H and O–H groups in total. The second-order valence-electron chi connectivity index (χ2n) is 17.5. The van der Waals surface area contributed by atoms with Gasteiger partial charge in [0.15, 0.2) is 17.5 Å². The van der Waals surface area contributed by atoms with Gasteiger partial charge < -0.3 is 0 Å². The standard InChI is InChI=1S/C63H37N3S2/c1-2-12-38(13-3-1)61-64-62(45-27-31-58-56(36-45)52-22-8-9-23-57(52)67-58)66-63(65-61)46-25-29-53-55-35-44(26-30-59(55)68-60(53)37-46)42-17-11-15-40(33-42)39-14-10-16-41(32-39)43-24-28-51-49-20-5-4-18-47(49)48-19-6-7-21-50(48)54(51)34-43/h1-37H. The molecule has 0 amide bonds. The molecule has 68 heavy (non-hydrogen) atoms. The summed E-state index contributed by atoms with van der Waals surface area (Å²) in [5, 5.41) is 12.7. The van der Waals surface area contributed by atoms with Crippen molar-refractivity contribution < 1.29 is 0 Å². The molecular weight excluding hydrogens is 863 g/mol. The van der Waals surface area contributed by atoms with Crippen LogP contribution in [0.4, 0.5) is 0 Å². The first-order chi connectivity index (χ1) is 33.6. The van der Waals surface area contributed by atoms with Gasteiger partial charge in [-0.2, -0.15) is 0 Å². The number of hydrogen-bond acceptors (Lipinski definition) is 5. The molecule has 0 bridgehead atoms. The van der Waals surface area contributed by atoms with Crippen molar-refractivity contribution in [1.82, 2.24) is 15.0 Å². The predicted molar refractivity (Wildman–Crippen MR) is 291 cm³/mol. The van der Waals surface area contributed by atoms with Crippen molar-refractivity contribution in [2.45, 2.75) is 0 Å². The second-order valence-corrected chi connectivity index (χ2v) is 19.7. The number of rotatable bonds is 6. The highest BCUT2D eigenvalue weighted by atomic mass is 32.1. The Morgan fingerprint density at radius 1 is 0.191 bits per heavy atom. The van der Waals surface area contributed by atoms with Crippen molar-refractivity contribution in [1.29, 1.82) is 0 Å². The summed E-state index contributed by atoms with van der Waals surface area (Å²) < 4.78 is 4.98. The van der Waals surface area contributed by atoms with Crippen LogP contribution in [0.25, 0.3) is 140 Å². The number of fused-ring (bicyclic) bond motifs is 12. The Labute approximate surface area is 399 Å². The van der Waals surface area contributed by atoms with Gasteiger partial charge in [-0.25, -0.2) is 15.0 Å². The Hall–Kier alpha value is -8.35. The van der Waals surface area contributed by atoms with Crippen LogP contribution < -0.4 is 0 Å². The molecule has 14 aromatic rings. The lowest BCUT2D eigenvalue weighted by Gasteiger charge is -2.13. The average molecular weight is 900 g/mol. The fraction of sp³-hybridized carbons (Fsp3) is 0. The van der Waals surface area contributed by atoms with Crippen LogP contribution in [0.15, 0.2) is 224 Å². The lowest BCUT2D eigenvalue weighted by Crippen LogP contribution is -2.00. The molecule has 0 unspecified atom stereocenters. The van der Waals surface area contributed by atoms with E-state index in [-0.39, 0.29) is 0 Å². The van der Waals surface area contributed by atoms with Gasteiger partial charge in [-0.1, -0.05) is 164 Å². The Morgan fingerprint density at radius 2 is 0.544 bits per heavy atom. The Morgan fingerprint density at radius 3 is 1.16 bits per heavy atom. The molecular formula is C63H37N3S2. The van der Waals surface area contributed by atoms with Gasteiger partial charge in [-0.3, -0.25) is 0 Å². The summed E-state index contributed by atoms with van der Waals surface area (Å²) in [5.74, 6) is 1.98. The van der Waals surface area contributed by atoms with Gasteiger partial charge >= 0.3 is 0 Å². The molecule has 3 aromatic heterocycles. The van der Waals surface area contributed by atoms with E-state index < -0.39 is 0 Å². The van der Waals surface area contributed by atoms with Crippen molar-refractivity contribution in [3.63, 3.8) is 0 Å². The van der Waals surface area contributed by atoms with Crippen LogP contribution in [0.5, 0.6) is 0 Å². The first-order valence-corrected chi connectivity index (χ1v) is 24.5. The van der Waals surface area contributed by atoms with Gasteiger partial charge in [-0.15, -0.1) is 22.7 Å². The monoisotopic (exact) mass is 899 g/mol. The maximum absolute atomic E-state index is 5.16. The molecule has 316 valence electrons.